The van der Waals surface area contributed by atoms with Gasteiger partial charge in [0.1, 0.15) is 11.6 Å². The molecular formula is C27H30N6O3. The van der Waals surface area contributed by atoms with E-state index in [1.807, 2.05) is 41.5 Å². The zero-order valence-corrected chi connectivity index (χ0v) is 20.7. The van der Waals surface area contributed by atoms with E-state index in [-0.39, 0.29) is 5.91 Å². The predicted molar refractivity (Wildman–Crippen MR) is 136 cm³/mol. The molecule has 2 aliphatic rings. The van der Waals surface area contributed by atoms with Crippen molar-refractivity contribution in [3.8, 4) is 22.5 Å². The zero-order valence-electron chi connectivity index (χ0n) is 20.7. The van der Waals surface area contributed by atoms with Crippen LogP contribution < -0.4 is 4.90 Å². The van der Waals surface area contributed by atoms with Crippen LogP contribution in [0.5, 0.6) is 0 Å². The normalized spacial score (nSPS) is 16.6. The molecule has 36 heavy (non-hydrogen) atoms. The molecule has 4 aromatic heterocycles. The number of aromatic nitrogens is 4. The Labute approximate surface area is 209 Å². The third-order valence-corrected chi connectivity index (χ3v) is 7.15. The zero-order chi connectivity index (χ0) is 24.6. The van der Waals surface area contributed by atoms with Gasteiger partial charge in [-0.15, -0.1) is 0 Å². The molecule has 0 unspecified atom stereocenters. The van der Waals surface area contributed by atoms with Crippen molar-refractivity contribution in [2.75, 3.05) is 44.3 Å². The lowest BCUT2D eigenvalue weighted by Crippen LogP contribution is -2.36. The minimum absolute atomic E-state index is 0.0574. The van der Waals surface area contributed by atoms with Crippen LogP contribution in [0.3, 0.4) is 0 Å². The number of piperidine rings is 1. The third kappa shape index (κ3) is 4.03. The number of amides is 1. The molecule has 0 saturated carbocycles. The first-order valence-corrected chi connectivity index (χ1v) is 12.6. The number of anilines is 1. The Bertz CT molecular complexity index is 1390. The summed E-state index contributed by atoms with van der Waals surface area (Å²) >= 11 is 0. The highest BCUT2D eigenvalue weighted by Crippen LogP contribution is 2.33. The van der Waals surface area contributed by atoms with E-state index >= 15 is 0 Å². The second-order valence-electron chi connectivity index (χ2n) is 9.52. The molecule has 0 radical (unpaired) electrons. The van der Waals surface area contributed by atoms with Crippen LogP contribution in [-0.4, -0.2) is 70.0 Å². The summed E-state index contributed by atoms with van der Waals surface area (Å²) in [6, 6.07) is 10.1. The SMILES string of the molecule is Cc1noc(C)c1-c1cc(-c2cccc3c(C(=O)N4CCCCC4)cnn23)cc(N2CCOCC2)n1. The summed E-state index contributed by atoms with van der Waals surface area (Å²) in [5, 5.41) is 8.81. The highest BCUT2D eigenvalue weighted by atomic mass is 16.5. The van der Waals surface area contributed by atoms with Gasteiger partial charge in [0.25, 0.3) is 5.91 Å². The smallest absolute Gasteiger partial charge is 0.257 e. The van der Waals surface area contributed by atoms with E-state index in [1.54, 1.807) is 6.20 Å². The molecule has 0 aromatic carbocycles. The van der Waals surface area contributed by atoms with E-state index in [0.29, 0.717) is 18.8 Å². The second kappa shape index (κ2) is 9.39. The quantitative estimate of drug-likeness (QED) is 0.428. The average Bonchev–Trinajstić information content (AvgIpc) is 3.51. The second-order valence-corrected chi connectivity index (χ2v) is 9.52. The van der Waals surface area contributed by atoms with Gasteiger partial charge in [-0.3, -0.25) is 4.79 Å². The number of aryl methyl sites for hydroxylation is 2. The van der Waals surface area contributed by atoms with Gasteiger partial charge in [-0.05, 0) is 57.4 Å². The number of rotatable bonds is 4. The van der Waals surface area contributed by atoms with E-state index in [2.05, 4.69) is 27.3 Å². The fourth-order valence-corrected chi connectivity index (χ4v) is 5.26. The Morgan fingerprint density at radius 1 is 1.00 bits per heavy atom. The summed E-state index contributed by atoms with van der Waals surface area (Å²) in [6.07, 6.45) is 5.00. The van der Waals surface area contributed by atoms with Gasteiger partial charge in [-0.2, -0.15) is 5.10 Å². The van der Waals surface area contributed by atoms with Crippen LogP contribution in [0.2, 0.25) is 0 Å². The van der Waals surface area contributed by atoms with Crippen molar-refractivity contribution in [3.05, 3.63) is 53.5 Å². The molecule has 186 valence electrons. The first-order chi connectivity index (χ1) is 17.6. The van der Waals surface area contributed by atoms with Gasteiger partial charge in [0.15, 0.2) is 0 Å². The van der Waals surface area contributed by atoms with E-state index in [9.17, 15) is 4.79 Å². The lowest BCUT2D eigenvalue weighted by molar-refractivity contribution is 0.0726. The molecule has 0 aliphatic carbocycles. The van der Waals surface area contributed by atoms with Crippen LogP contribution in [0.1, 0.15) is 41.1 Å². The minimum atomic E-state index is 0.0574. The lowest BCUT2D eigenvalue weighted by atomic mass is 10.0. The van der Waals surface area contributed by atoms with Crippen molar-refractivity contribution in [1.82, 2.24) is 24.7 Å². The summed E-state index contributed by atoms with van der Waals surface area (Å²) in [5.41, 5.74) is 5.83. The van der Waals surface area contributed by atoms with Crippen molar-refractivity contribution in [1.29, 1.82) is 0 Å². The molecule has 0 atom stereocenters. The first-order valence-electron chi connectivity index (χ1n) is 12.6. The lowest BCUT2D eigenvalue weighted by Gasteiger charge is -2.28. The number of likely N-dealkylation sites (tertiary alicyclic amines) is 1. The maximum atomic E-state index is 13.3. The molecule has 0 N–H and O–H groups in total. The number of nitrogens with zero attached hydrogens (tertiary/aromatic N) is 6. The summed E-state index contributed by atoms with van der Waals surface area (Å²) in [5.74, 6) is 1.67. The Hall–Kier alpha value is -3.72. The van der Waals surface area contributed by atoms with E-state index in [1.165, 1.54) is 6.42 Å². The number of ether oxygens (including phenoxy) is 1. The van der Waals surface area contributed by atoms with E-state index < -0.39 is 0 Å². The van der Waals surface area contributed by atoms with Crippen molar-refractivity contribution in [3.63, 3.8) is 0 Å². The first kappa shape index (κ1) is 22.7. The Morgan fingerprint density at radius 2 is 1.81 bits per heavy atom. The summed E-state index contributed by atoms with van der Waals surface area (Å²) in [7, 11) is 0. The number of hydrogen-bond donors (Lipinski definition) is 0. The van der Waals surface area contributed by atoms with Crippen molar-refractivity contribution >= 4 is 17.2 Å². The maximum absolute atomic E-state index is 13.3. The van der Waals surface area contributed by atoms with Gasteiger partial charge in [-0.25, -0.2) is 9.50 Å². The van der Waals surface area contributed by atoms with Crippen molar-refractivity contribution in [2.45, 2.75) is 33.1 Å². The van der Waals surface area contributed by atoms with Gasteiger partial charge in [0.05, 0.1) is 53.1 Å². The van der Waals surface area contributed by atoms with Gasteiger partial charge in [-0.1, -0.05) is 11.2 Å². The summed E-state index contributed by atoms with van der Waals surface area (Å²) < 4.78 is 12.9. The van der Waals surface area contributed by atoms with Gasteiger partial charge < -0.3 is 19.1 Å². The fraction of sp³-hybridized carbons (Fsp3) is 0.407. The van der Waals surface area contributed by atoms with Crippen molar-refractivity contribution in [2.24, 2.45) is 0 Å². The van der Waals surface area contributed by atoms with E-state index in [0.717, 1.165) is 84.3 Å². The number of pyridine rings is 2. The largest absolute Gasteiger partial charge is 0.378 e. The molecule has 1 amide bonds. The van der Waals surface area contributed by atoms with Crippen LogP contribution in [-0.2, 0) is 4.74 Å². The number of hydrogen-bond acceptors (Lipinski definition) is 7. The van der Waals surface area contributed by atoms with Gasteiger partial charge >= 0.3 is 0 Å². The van der Waals surface area contributed by atoms with Crippen LogP contribution in [0.25, 0.3) is 28.0 Å². The molecular weight excluding hydrogens is 456 g/mol. The Kier molecular flexibility index (Phi) is 5.92. The molecule has 0 spiro atoms. The number of carbonyl (C=O) groups excluding carboxylic acids is 1. The standard InChI is InChI=1S/C27H30N6O3/c1-18-26(19(2)36-30-18)22-15-20(16-25(29-22)31-11-13-35-14-12-31)23-7-6-8-24-21(17-28-33(23)24)27(34)32-9-4-3-5-10-32/h6-8,15-17H,3-5,9-14H2,1-2H3. The van der Waals surface area contributed by atoms with E-state index in [4.69, 9.17) is 14.2 Å². The molecule has 6 heterocycles. The Balaban J connectivity index is 1.47. The maximum Gasteiger partial charge on any atom is 0.257 e. The third-order valence-electron chi connectivity index (χ3n) is 7.15. The predicted octanol–water partition coefficient (Wildman–Crippen LogP) is 4.13. The number of fused-ring (bicyclic) bond motifs is 1. The molecule has 9 heteroatoms. The monoisotopic (exact) mass is 486 g/mol. The minimum Gasteiger partial charge on any atom is -0.378 e. The molecule has 6 rings (SSSR count). The highest BCUT2D eigenvalue weighted by Gasteiger charge is 2.24. The van der Waals surface area contributed by atoms with Crippen LogP contribution >= 0.6 is 0 Å². The molecule has 2 fully saturated rings. The molecule has 0 bridgehead atoms. The van der Waals surface area contributed by atoms with Gasteiger partial charge in [0, 0.05) is 31.7 Å². The summed E-state index contributed by atoms with van der Waals surface area (Å²) in [4.78, 5) is 22.5. The topological polar surface area (TPSA) is 89.0 Å². The highest BCUT2D eigenvalue weighted by molar-refractivity contribution is 6.01. The molecule has 9 nitrogen and oxygen atoms in total. The molecule has 2 saturated heterocycles. The van der Waals surface area contributed by atoms with Crippen LogP contribution in [0.4, 0.5) is 5.82 Å². The summed E-state index contributed by atoms with van der Waals surface area (Å²) in [6.45, 7) is 8.35. The average molecular weight is 487 g/mol. The molecule has 2 aliphatic heterocycles. The van der Waals surface area contributed by atoms with Gasteiger partial charge in [0.2, 0.25) is 0 Å². The number of morpholine rings is 1. The van der Waals surface area contributed by atoms with Crippen LogP contribution in [0, 0.1) is 13.8 Å². The Morgan fingerprint density at radius 3 is 2.56 bits per heavy atom. The number of carbonyl (C=O) groups is 1. The molecule has 4 aromatic rings. The fourth-order valence-electron chi connectivity index (χ4n) is 5.26. The van der Waals surface area contributed by atoms with Crippen LogP contribution in [0.15, 0.2) is 41.1 Å². The van der Waals surface area contributed by atoms with Crippen molar-refractivity contribution < 1.29 is 14.1 Å².